The van der Waals surface area contributed by atoms with Gasteiger partial charge in [0.1, 0.15) is 6.10 Å². The lowest BCUT2D eigenvalue weighted by Gasteiger charge is -2.13. The summed E-state index contributed by atoms with van der Waals surface area (Å²) in [7, 11) is 0. The highest BCUT2D eigenvalue weighted by Gasteiger charge is 2.17. The standard InChI is InChI=1S/C11H14FNO/c1-8-2-3-10(12)11(6-8)14-9-4-5-13-7-9/h2-3,6,9,13H,4-5,7H2,1H3. The lowest BCUT2D eigenvalue weighted by molar-refractivity contribution is 0.213. The van der Waals surface area contributed by atoms with Crippen LogP contribution < -0.4 is 10.1 Å². The Balaban J connectivity index is 2.10. The summed E-state index contributed by atoms with van der Waals surface area (Å²) in [6.45, 7) is 3.70. The molecule has 0 aliphatic carbocycles. The third-order valence-electron chi connectivity index (χ3n) is 2.40. The van der Waals surface area contributed by atoms with Gasteiger partial charge in [-0.15, -0.1) is 0 Å². The summed E-state index contributed by atoms with van der Waals surface area (Å²) in [5.74, 6) is 0.0983. The Bertz CT molecular complexity index is 321. The summed E-state index contributed by atoms with van der Waals surface area (Å²) >= 11 is 0. The molecule has 1 saturated heterocycles. The van der Waals surface area contributed by atoms with E-state index in [1.807, 2.05) is 6.92 Å². The third kappa shape index (κ3) is 2.04. The summed E-state index contributed by atoms with van der Waals surface area (Å²) in [5.41, 5.74) is 1.02. The average Bonchev–Trinajstić information content (AvgIpc) is 2.64. The predicted molar refractivity (Wildman–Crippen MR) is 53.0 cm³/mol. The van der Waals surface area contributed by atoms with Crippen LogP contribution in [0.4, 0.5) is 4.39 Å². The minimum absolute atomic E-state index is 0.117. The molecular weight excluding hydrogens is 181 g/mol. The van der Waals surface area contributed by atoms with Crippen LogP contribution in [-0.4, -0.2) is 19.2 Å². The van der Waals surface area contributed by atoms with Crippen LogP contribution in [0, 0.1) is 12.7 Å². The molecule has 0 saturated carbocycles. The number of rotatable bonds is 2. The van der Waals surface area contributed by atoms with Crippen LogP contribution in [0.2, 0.25) is 0 Å². The van der Waals surface area contributed by atoms with Gasteiger partial charge in [-0.25, -0.2) is 4.39 Å². The van der Waals surface area contributed by atoms with E-state index in [-0.39, 0.29) is 11.9 Å². The zero-order valence-corrected chi connectivity index (χ0v) is 8.22. The number of nitrogens with one attached hydrogen (secondary N) is 1. The van der Waals surface area contributed by atoms with Crippen molar-refractivity contribution in [3.05, 3.63) is 29.6 Å². The fourth-order valence-electron chi connectivity index (χ4n) is 1.61. The van der Waals surface area contributed by atoms with Crippen molar-refractivity contribution in [2.45, 2.75) is 19.4 Å². The number of aryl methyl sites for hydroxylation is 1. The molecular formula is C11H14FNO. The van der Waals surface area contributed by atoms with Crippen molar-refractivity contribution >= 4 is 0 Å². The molecule has 1 fully saturated rings. The van der Waals surface area contributed by atoms with Gasteiger partial charge < -0.3 is 10.1 Å². The quantitative estimate of drug-likeness (QED) is 0.778. The molecule has 1 N–H and O–H groups in total. The van der Waals surface area contributed by atoms with Crippen molar-refractivity contribution in [1.29, 1.82) is 0 Å². The van der Waals surface area contributed by atoms with Gasteiger partial charge in [0.05, 0.1) is 0 Å². The second-order valence-electron chi connectivity index (χ2n) is 3.67. The first kappa shape index (κ1) is 9.46. The van der Waals surface area contributed by atoms with Gasteiger partial charge in [-0.1, -0.05) is 6.07 Å². The molecule has 1 unspecified atom stereocenters. The van der Waals surface area contributed by atoms with E-state index < -0.39 is 0 Å². The first-order valence-corrected chi connectivity index (χ1v) is 4.89. The van der Waals surface area contributed by atoms with E-state index in [0.717, 1.165) is 25.1 Å². The fourth-order valence-corrected chi connectivity index (χ4v) is 1.61. The molecule has 1 aromatic carbocycles. The highest BCUT2D eigenvalue weighted by molar-refractivity contribution is 5.29. The van der Waals surface area contributed by atoms with E-state index in [4.69, 9.17) is 4.74 Å². The molecule has 1 heterocycles. The van der Waals surface area contributed by atoms with E-state index in [9.17, 15) is 4.39 Å². The van der Waals surface area contributed by atoms with Gasteiger partial charge in [0.2, 0.25) is 0 Å². The molecule has 3 heteroatoms. The fraction of sp³-hybridized carbons (Fsp3) is 0.455. The van der Waals surface area contributed by atoms with Crippen LogP contribution >= 0.6 is 0 Å². The van der Waals surface area contributed by atoms with Crippen LogP contribution in [0.1, 0.15) is 12.0 Å². The van der Waals surface area contributed by atoms with E-state index in [1.54, 1.807) is 12.1 Å². The zero-order valence-electron chi connectivity index (χ0n) is 8.22. The molecule has 0 bridgehead atoms. The summed E-state index contributed by atoms with van der Waals surface area (Å²) in [5, 5.41) is 3.18. The molecule has 1 aromatic rings. The Kier molecular flexibility index (Phi) is 2.68. The molecule has 1 aliphatic heterocycles. The average molecular weight is 195 g/mol. The third-order valence-corrected chi connectivity index (χ3v) is 2.40. The number of hydrogen-bond donors (Lipinski definition) is 1. The summed E-state index contributed by atoms with van der Waals surface area (Å²) in [6.07, 6.45) is 1.07. The molecule has 0 spiro atoms. The Hall–Kier alpha value is -1.09. The molecule has 0 aromatic heterocycles. The number of benzene rings is 1. The summed E-state index contributed by atoms with van der Waals surface area (Å²) in [6, 6.07) is 4.94. The van der Waals surface area contributed by atoms with Gasteiger partial charge in [0, 0.05) is 6.54 Å². The molecule has 1 atom stereocenters. The summed E-state index contributed by atoms with van der Waals surface area (Å²) < 4.78 is 18.8. The second kappa shape index (κ2) is 3.96. The Labute approximate surface area is 83.1 Å². The molecule has 2 nitrogen and oxygen atoms in total. The SMILES string of the molecule is Cc1ccc(F)c(OC2CCNC2)c1. The molecule has 76 valence electrons. The molecule has 0 radical (unpaired) electrons. The lowest BCUT2D eigenvalue weighted by Crippen LogP contribution is -2.20. The molecule has 0 amide bonds. The van der Waals surface area contributed by atoms with Crippen molar-refractivity contribution in [1.82, 2.24) is 5.32 Å². The van der Waals surface area contributed by atoms with E-state index >= 15 is 0 Å². The lowest BCUT2D eigenvalue weighted by atomic mass is 10.2. The van der Waals surface area contributed by atoms with Gasteiger partial charge in [0.15, 0.2) is 11.6 Å². The van der Waals surface area contributed by atoms with E-state index in [2.05, 4.69) is 5.32 Å². The zero-order chi connectivity index (χ0) is 9.97. The first-order valence-electron chi connectivity index (χ1n) is 4.89. The maximum absolute atomic E-state index is 13.3. The van der Waals surface area contributed by atoms with Crippen molar-refractivity contribution in [2.24, 2.45) is 0 Å². The van der Waals surface area contributed by atoms with E-state index in [0.29, 0.717) is 5.75 Å². The van der Waals surface area contributed by atoms with Crippen LogP contribution in [0.25, 0.3) is 0 Å². The Morgan fingerprint density at radius 2 is 2.36 bits per heavy atom. The predicted octanol–water partition coefficient (Wildman–Crippen LogP) is 1.87. The minimum Gasteiger partial charge on any atom is -0.486 e. The van der Waals surface area contributed by atoms with Gasteiger partial charge in [-0.3, -0.25) is 0 Å². The van der Waals surface area contributed by atoms with Crippen molar-refractivity contribution < 1.29 is 9.13 Å². The van der Waals surface area contributed by atoms with Crippen LogP contribution in [-0.2, 0) is 0 Å². The van der Waals surface area contributed by atoms with Gasteiger partial charge in [0.25, 0.3) is 0 Å². The van der Waals surface area contributed by atoms with Crippen LogP contribution in [0.15, 0.2) is 18.2 Å². The Morgan fingerprint density at radius 1 is 1.50 bits per heavy atom. The molecule has 2 rings (SSSR count). The number of halogens is 1. The van der Waals surface area contributed by atoms with Crippen molar-refractivity contribution in [3.63, 3.8) is 0 Å². The van der Waals surface area contributed by atoms with E-state index in [1.165, 1.54) is 6.07 Å². The van der Waals surface area contributed by atoms with Gasteiger partial charge >= 0.3 is 0 Å². The Morgan fingerprint density at radius 3 is 3.07 bits per heavy atom. The van der Waals surface area contributed by atoms with Gasteiger partial charge in [-0.2, -0.15) is 0 Å². The maximum atomic E-state index is 13.3. The topological polar surface area (TPSA) is 21.3 Å². The highest BCUT2D eigenvalue weighted by Crippen LogP contribution is 2.20. The largest absolute Gasteiger partial charge is 0.486 e. The monoisotopic (exact) mass is 195 g/mol. The maximum Gasteiger partial charge on any atom is 0.165 e. The van der Waals surface area contributed by atoms with Crippen molar-refractivity contribution in [3.8, 4) is 5.75 Å². The number of ether oxygens (including phenoxy) is 1. The van der Waals surface area contributed by atoms with Crippen molar-refractivity contribution in [2.75, 3.05) is 13.1 Å². The first-order chi connectivity index (χ1) is 6.75. The second-order valence-corrected chi connectivity index (χ2v) is 3.67. The molecule has 14 heavy (non-hydrogen) atoms. The smallest absolute Gasteiger partial charge is 0.165 e. The minimum atomic E-state index is -0.275. The van der Waals surface area contributed by atoms with Crippen LogP contribution in [0.5, 0.6) is 5.75 Å². The van der Waals surface area contributed by atoms with Crippen LogP contribution in [0.3, 0.4) is 0 Å². The normalized spacial score (nSPS) is 21.1. The molecule has 1 aliphatic rings. The summed E-state index contributed by atoms with van der Waals surface area (Å²) in [4.78, 5) is 0. The van der Waals surface area contributed by atoms with Gasteiger partial charge in [-0.05, 0) is 37.6 Å². The number of hydrogen-bond acceptors (Lipinski definition) is 2. The highest BCUT2D eigenvalue weighted by atomic mass is 19.1.